The van der Waals surface area contributed by atoms with Crippen LogP contribution in [0.25, 0.3) is 0 Å². The van der Waals surface area contributed by atoms with Crippen LogP contribution in [-0.2, 0) is 0 Å². The fourth-order valence-electron chi connectivity index (χ4n) is 2.22. The molecule has 3 N–H and O–H groups in total. The molecule has 5 nitrogen and oxygen atoms in total. The van der Waals surface area contributed by atoms with Crippen molar-refractivity contribution in [3.8, 4) is 5.75 Å². The first-order valence-corrected chi connectivity index (χ1v) is 6.81. The first-order chi connectivity index (χ1) is 9.70. The number of carbonyl (C=O) groups excluding carboxylic acids is 1. The highest BCUT2D eigenvalue weighted by Crippen LogP contribution is 2.37. The molecule has 0 aliphatic carbocycles. The minimum atomic E-state index is -0.480. The number of nitrogens with zero attached hydrogens (tertiary/aromatic N) is 1. The van der Waals surface area contributed by atoms with Gasteiger partial charge in [-0.25, -0.2) is 10.2 Å². The van der Waals surface area contributed by atoms with E-state index in [-0.39, 0.29) is 0 Å². The van der Waals surface area contributed by atoms with Gasteiger partial charge in [-0.1, -0.05) is 34.1 Å². The molecule has 1 atom stereocenters. The Morgan fingerprint density at radius 3 is 2.65 bits per heavy atom. The molecule has 1 amide bonds. The number of hydrazine groups is 1. The summed E-state index contributed by atoms with van der Waals surface area (Å²) in [6, 6.07) is 14.7. The van der Waals surface area contributed by atoms with Gasteiger partial charge in [0.15, 0.2) is 0 Å². The lowest BCUT2D eigenvalue weighted by molar-refractivity contribution is 0.196. The molecule has 1 aliphatic rings. The third-order valence-electron chi connectivity index (χ3n) is 3.11. The number of hydrogen-bond donors (Lipinski definition) is 2. The summed E-state index contributed by atoms with van der Waals surface area (Å²) in [5, 5.41) is 0. The van der Waals surface area contributed by atoms with Gasteiger partial charge in [0, 0.05) is 15.7 Å². The summed E-state index contributed by atoms with van der Waals surface area (Å²) in [6.07, 6.45) is -0.944. The van der Waals surface area contributed by atoms with Crippen LogP contribution in [0.1, 0.15) is 11.7 Å². The minimum absolute atomic E-state index is 0.464. The summed E-state index contributed by atoms with van der Waals surface area (Å²) in [5.41, 5.74) is 4.18. The summed E-state index contributed by atoms with van der Waals surface area (Å²) in [4.78, 5) is 13.7. The van der Waals surface area contributed by atoms with Gasteiger partial charge in [-0.15, -0.1) is 0 Å². The first kappa shape index (κ1) is 13.1. The van der Waals surface area contributed by atoms with Gasteiger partial charge >= 0.3 is 6.09 Å². The van der Waals surface area contributed by atoms with Gasteiger partial charge in [-0.3, -0.25) is 10.7 Å². The molecule has 0 aromatic heterocycles. The Morgan fingerprint density at radius 1 is 1.20 bits per heavy atom. The summed E-state index contributed by atoms with van der Waals surface area (Å²) in [7, 11) is 0. The van der Waals surface area contributed by atoms with Crippen molar-refractivity contribution in [1.29, 1.82) is 0 Å². The molecule has 2 aromatic rings. The monoisotopic (exact) mass is 333 g/mol. The number of amides is 1. The predicted molar refractivity (Wildman–Crippen MR) is 79.2 cm³/mol. The van der Waals surface area contributed by atoms with Crippen LogP contribution in [0.2, 0.25) is 0 Å². The van der Waals surface area contributed by atoms with Crippen molar-refractivity contribution in [3.05, 3.63) is 58.6 Å². The van der Waals surface area contributed by atoms with Crippen molar-refractivity contribution in [2.75, 3.05) is 4.90 Å². The summed E-state index contributed by atoms with van der Waals surface area (Å²) in [6.45, 7) is 0. The molecule has 0 bridgehead atoms. The second kappa shape index (κ2) is 5.24. The number of anilines is 1. The molecule has 1 unspecified atom stereocenters. The zero-order valence-electron chi connectivity index (χ0n) is 10.4. The molecule has 0 spiro atoms. The predicted octanol–water partition coefficient (Wildman–Crippen LogP) is 2.93. The molecule has 1 aliphatic heterocycles. The maximum absolute atomic E-state index is 12.2. The number of halogens is 1. The van der Waals surface area contributed by atoms with Crippen LogP contribution in [0, 0.1) is 0 Å². The van der Waals surface area contributed by atoms with E-state index in [0.717, 1.165) is 10.0 Å². The highest BCUT2D eigenvalue weighted by molar-refractivity contribution is 9.10. The third kappa shape index (κ3) is 2.18. The molecule has 1 heterocycles. The van der Waals surface area contributed by atoms with Gasteiger partial charge in [0.05, 0.1) is 0 Å². The fraction of sp³-hybridized carbons (Fsp3) is 0.0714. The Labute approximate surface area is 124 Å². The van der Waals surface area contributed by atoms with Gasteiger partial charge in [0.25, 0.3) is 0 Å². The molecule has 2 aromatic carbocycles. The molecule has 6 heteroatoms. The Kier molecular flexibility index (Phi) is 3.43. The average molecular weight is 334 g/mol. The topological polar surface area (TPSA) is 67.6 Å². The van der Waals surface area contributed by atoms with E-state index < -0.39 is 12.3 Å². The Morgan fingerprint density at radius 2 is 1.95 bits per heavy atom. The maximum atomic E-state index is 12.2. The van der Waals surface area contributed by atoms with Crippen molar-refractivity contribution >= 4 is 27.7 Å². The van der Waals surface area contributed by atoms with Crippen LogP contribution in [0.5, 0.6) is 5.75 Å². The fourth-order valence-corrected chi connectivity index (χ4v) is 2.60. The zero-order valence-corrected chi connectivity index (χ0v) is 12.0. The number of benzene rings is 2. The number of para-hydroxylation sites is 1. The summed E-state index contributed by atoms with van der Waals surface area (Å²) < 4.78 is 6.25. The van der Waals surface area contributed by atoms with Crippen molar-refractivity contribution in [3.63, 3.8) is 0 Å². The quantitative estimate of drug-likeness (QED) is 0.655. The molecular weight excluding hydrogens is 322 g/mol. The third-order valence-corrected chi connectivity index (χ3v) is 3.60. The normalized spacial score (nSPS) is 17.6. The van der Waals surface area contributed by atoms with Gasteiger partial charge in [-0.2, -0.15) is 0 Å². The molecule has 3 rings (SSSR count). The van der Waals surface area contributed by atoms with Crippen LogP contribution in [0.3, 0.4) is 0 Å². The van der Waals surface area contributed by atoms with Crippen molar-refractivity contribution < 1.29 is 9.53 Å². The van der Waals surface area contributed by atoms with E-state index in [1.807, 2.05) is 42.5 Å². The van der Waals surface area contributed by atoms with Crippen molar-refractivity contribution in [1.82, 2.24) is 5.43 Å². The number of carbonyl (C=O) groups is 1. The SMILES string of the molecule is NNC1c2cc(Br)ccc2OC(=O)N1c1ccccc1. The number of nitrogens with two attached hydrogens (primary N) is 1. The van der Waals surface area contributed by atoms with Crippen LogP contribution in [0.4, 0.5) is 10.5 Å². The first-order valence-electron chi connectivity index (χ1n) is 6.02. The smallest absolute Gasteiger partial charge is 0.409 e. The van der Waals surface area contributed by atoms with Crippen LogP contribution in [-0.4, -0.2) is 6.09 Å². The minimum Gasteiger partial charge on any atom is -0.409 e. The highest BCUT2D eigenvalue weighted by Gasteiger charge is 2.34. The lowest BCUT2D eigenvalue weighted by Gasteiger charge is -2.35. The summed E-state index contributed by atoms with van der Waals surface area (Å²) >= 11 is 3.41. The van der Waals surface area contributed by atoms with E-state index in [9.17, 15) is 4.79 Å². The molecule has 0 saturated carbocycles. The second-order valence-corrected chi connectivity index (χ2v) is 5.24. The standard InChI is InChI=1S/C14H12BrN3O2/c15-9-6-7-12-11(8-9)13(17-16)18(14(19)20-12)10-4-2-1-3-5-10/h1-8,13,17H,16H2. The van der Waals surface area contributed by atoms with E-state index in [1.165, 1.54) is 4.90 Å². The van der Waals surface area contributed by atoms with Gasteiger partial charge in [-0.05, 0) is 30.3 Å². The molecule has 102 valence electrons. The number of hydrogen-bond acceptors (Lipinski definition) is 4. The molecule has 0 fully saturated rings. The van der Waals surface area contributed by atoms with Crippen molar-refractivity contribution in [2.45, 2.75) is 6.17 Å². The van der Waals surface area contributed by atoms with E-state index in [2.05, 4.69) is 21.4 Å². The van der Waals surface area contributed by atoms with Crippen molar-refractivity contribution in [2.24, 2.45) is 5.84 Å². The molecular formula is C14H12BrN3O2. The molecule has 0 saturated heterocycles. The molecule has 0 radical (unpaired) electrons. The van der Waals surface area contributed by atoms with E-state index >= 15 is 0 Å². The lowest BCUT2D eigenvalue weighted by atomic mass is 10.1. The van der Waals surface area contributed by atoms with E-state index in [0.29, 0.717) is 11.4 Å². The second-order valence-electron chi connectivity index (χ2n) is 4.32. The maximum Gasteiger partial charge on any atom is 0.421 e. The van der Waals surface area contributed by atoms with Gasteiger partial charge < -0.3 is 4.74 Å². The van der Waals surface area contributed by atoms with Crippen LogP contribution >= 0.6 is 15.9 Å². The lowest BCUT2D eigenvalue weighted by Crippen LogP contribution is -2.49. The van der Waals surface area contributed by atoms with Gasteiger partial charge in [0.1, 0.15) is 11.9 Å². The summed E-state index contributed by atoms with van der Waals surface area (Å²) in [5.74, 6) is 6.15. The number of ether oxygens (including phenoxy) is 1. The van der Waals surface area contributed by atoms with Crippen LogP contribution < -0.4 is 20.9 Å². The highest BCUT2D eigenvalue weighted by atomic mass is 79.9. The number of nitrogens with one attached hydrogen (secondary N) is 1. The van der Waals surface area contributed by atoms with E-state index in [4.69, 9.17) is 10.6 Å². The molecule has 20 heavy (non-hydrogen) atoms. The van der Waals surface area contributed by atoms with E-state index in [1.54, 1.807) is 6.07 Å². The number of rotatable bonds is 2. The Bertz CT molecular complexity index is 648. The Balaban J connectivity index is 2.10. The van der Waals surface area contributed by atoms with Crippen LogP contribution in [0.15, 0.2) is 53.0 Å². The largest absolute Gasteiger partial charge is 0.421 e. The van der Waals surface area contributed by atoms with Gasteiger partial charge in [0.2, 0.25) is 0 Å². The Hall–Kier alpha value is -1.89. The average Bonchev–Trinajstić information content (AvgIpc) is 2.47. The number of fused-ring (bicyclic) bond motifs is 1. The zero-order chi connectivity index (χ0) is 14.1.